The van der Waals surface area contributed by atoms with E-state index in [9.17, 15) is 8.78 Å². The average molecular weight is 449 g/mol. The fraction of sp³-hybridized carbons (Fsp3) is 0. The Bertz CT molecular complexity index is 1220. The van der Waals surface area contributed by atoms with Crippen molar-refractivity contribution in [3.05, 3.63) is 68.8 Å². The highest BCUT2D eigenvalue weighted by molar-refractivity contribution is 7.80. The molecule has 0 unspecified atom stereocenters. The van der Waals surface area contributed by atoms with E-state index in [0.29, 0.717) is 16.0 Å². The van der Waals surface area contributed by atoms with Crippen molar-refractivity contribution in [3.8, 4) is 23.0 Å². The van der Waals surface area contributed by atoms with Gasteiger partial charge in [-0.05, 0) is 24.3 Å². The summed E-state index contributed by atoms with van der Waals surface area (Å²) in [4.78, 5) is 4.24. The number of aromatic nitrogens is 1. The van der Waals surface area contributed by atoms with E-state index in [1.165, 1.54) is 18.3 Å². The number of nitrogens with zero attached hydrogens (tertiary/aromatic N) is 1. The molecule has 0 fully saturated rings. The van der Waals surface area contributed by atoms with Gasteiger partial charge in [-0.2, -0.15) is 0 Å². The number of pyridine rings is 1. The highest BCUT2D eigenvalue weighted by Gasteiger charge is 2.20. The molecule has 146 valence electrons. The van der Waals surface area contributed by atoms with Gasteiger partial charge in [0.1, 0.15) is 11.6 Å². The SMILES string of the molecule is N=Cc1cc(C#Cc2c(F)cc(-c3c(S)ccc(Cl)c3Cl)c(N)c2F)cnc1N. The molecule has 3 aromatic rings. The minimum Gasteiger partial charge on any atom is -0.396 e. The average Bonchev–Trinajstić information content (AvgIpc) is 2.69. The van der Waals surface area contributed by atoms with E-state index in [1.54, 1.807) is 6.07 Å². The van der Waals surface area contributed by atoms with Gasteiger partial charge in [0.05, 0.1) is 21.3 Å². The number of thiol groups is 1. The van der Waals surface area contributed by atoms with Crippen LogP contribution in [0.15, 0.2) is 35.4 Å². The van der Waals surface area contributed by atoms with E-state index >= 15 is 0 Å². The summed E-state index contributed by atoms with van der Waals surface area (Å²) in [5, 5.41) is 7.55. The largest absolute Gasteiger partial charge is 0.396 e. The second-order valence-electron chi connectivity index (χ2n) is 5.86. The Morgan fingerprint density at radius 1 is 1.14 bits per heavy atom. The van der Waals surface area contributed by atoms with Crippen LogP contribution in [0.25, 0.3) is 11.1 Å². The summed E-state index contributed by atoms with van der Waals surface area (Å²) in [6, 6.07) is 5.57. The molecule has 1 heterocycles. The molecule has 0 radical (unpaired) electrons. The molecular formula is C20H12Cl2F2N4S. The fourth-order valence-electron chi connectivity index (χ4n) is 2.56. The number of hydrogen-bond acceptors (Lipinski definition) is 5. The summed E-state index contributed by atoms with van der Waals surface area (Å²) in [6.45, 7) is 0. The van der Waals surface area contributed by atoms with E-state index in [0.717, 1.165) is 12.3 Å². The zero-order valence-corrected chi connectivity index (χ0v) is 16.9. The summed E-state index contributed by atoms with van der Waals surface area (Å²) in [5.74, 6) is 3.19. The third-order valence-corrected chi connectivity index (χ3v) is 5.21. The summed E-state index contributed by atoms with van der Waals surface area (Å²) in [7, 11) is 0. The molecule has 0 aliphatic carbocycles. The van der Waals surface area contributed by atoms with Crippen LogP contribution in [0.3, 0.4) is 0 Å². The van der Waals surface area contributed by atoms with Gasteiger partial charge in [-0.1, -0.05) is 35.0 Å². The van der Waals surface area contributed by atoms with Crippen LogP contribution in [0.4, 0.5) is 20.3 Å². The number of halogens is 4. The van der Waals surface area contributed by atoms with Crippen LogP contribution in [0, 0.1) is 28.9 Å². The fourth-order valence-corrected chi connectivity index (χ4v) is 3.36. The van der Waals surface area contributed by atoms with Crippen LogP contribution in [0.5, 0.6) is 0 Å². The van der Waals surface area contributed by atoms with Crippen molar-refractivity contribution in [3.63, 3.8) is 0 Å². The highest BCUT2D eigenvalue weighted by atomic mass is 35.5. The van der Waals surface area contributed by atoms with Crippen LogP contribution in [0.1, 0.15) is 16.7 Å². The molecule has 1 aromatic heterocycles. The lowest BCUT2D eigenvalue weighted by atomic mass is 10.00. The molecule has 0 aliphatic heterocycles. The van der Waals surface area contributed by atoms with Crippen molar-refractivity contribution >= 4 is 53.6 Å². The van der Waals surface area contributed by atoms with Crippen LogP contribution in [-0.2, 0) is 0 Å². The second-order valence-corrected chi connectivity index (χ2v) is 7.12. The molecule has 5 N–H and O–H groups in total. The molecule has 0 spiro atoms. The van der Waals surface area contributed by atoms with Crippen molar-refractivity contribution in [2.45, 2.75) is 4.90 Å². The van der Waals surface area contributed by atoms with E-state index in [2.05, 4.69) is 29.5 Å². The summed E-state index contributed by atoms with van der Waals surface area (Å²) in [6.07, 6.45) is 2.34. The maximum atomic E-state index is 14.8. The van der Waals surface area contributed by atoms with Gasteiger partial charge in [0.2, 0.25) is 0 Å². The number of hydrogen-bond donors (Lipinski definition) is 4. The Hall–Kier alpha value is -2.79. The zero-order chi connectivity index (χ0) is 21.3. The van der Waals surface area contributed by atoms with E-state index in [1.807, 2.05) is 0 Å². The van der Waals surface area contributed by atoms with Gasteiger partial charge < -0.3 is 16.9 Å². The first-order valence-electron chi connectivity index (χ1n) is 7.97. The molecular weight excluding hydrogens is 437 g/mol. The summed E-state index contributed by atoms with van der Waals surface area (Å²) >= 11 is 16.5. The Kier molecular flexibility index (Phi) is 5.99. The van der Waals surface area contributed by atoms with Gasteiger partial charge in [0.25, 0.3) is 0 Å². The molecule has 0 amide bonds. The van der Waals surface area contributed by atoms with Gasteiger partial charge in [0.15, 0.2) is 5.82 Å². The Labute approximate surface area is 180 Å². The van der Waals surface area contributed by atoms with E-state index in [4.69, 9.17) is 40.1 Å². The van der Waals surface area contributed by atoms with Crippen molar-refractivity contribution in [1.82, 2.24) is 4.98 Å². The quantitative estimate of drug-likeness (QED) is 0.188. The van der Waals surface area contributed by atoms with Gasteiger partial charge >= 0.3 is 0 Å². The lowest BCUT2D eigenvalue weighted by Crippen LogP contribution is -2.02. The molecule has 0 aliphatic rings. The van der Waals surface area contributed by atoms with Crippen molar-refractivity contribution in [2.75, 3.05) is 11.5 Å². The minimum atomic E-state index is -1.04. The van der Waals surface area contributed by atoms with Gasteiger partial charge in [-0.3, -0.25) is 0 Å². The first-order valence-corrected chi connectivity index (χ1v) is 9.17. The van der Waals surface area contributed by atoms with Crippen LogP contribution in [-0.4, -0.2) is 11.2 Å². The monoisotopic (exact) mass is 448 g/mol. The Morgan fingerprint density at radius 2 is 1.86 bits per heavy atom. The zero-order valence-electron chi connectivity index (χ0n) is 14.5. The van der Waals surface area contributed by atoms with Crippen molar-refractivity contribution < 1.29 is 8.78 Å². The molecule has 3 rings (SSSR count). The first-order chi connectivity index (χ1) is 13.7. The Balaban J connectivity index is 2.13. The maximum Gasteiger partial charge on any atom is 0.165 e. The number of nitrogen functional groups attached to an aromatic ring is 2. The number of anilines is 2. The summed E-state index contributed by atoms with van der Waals surface area (Å²) in [5.41, 5.74) is 11.6. The van der Waals surface area contributed by atoms with E-state index < -0.39 is 17.2 Å². The van der Waals surface area contributed by atoms with Gasteiger partial charge in [-0.15, -0.1) is 12.6 Å². The predicted molar refractivity (Wildman–Crippen MR) is 116 cm³/mol. The standard InChI is InChI=1S/C20H12Cl2F2N4S/c21-13-3-4-15(29)16(17(13)22)12-6-14(23)11(18(24)19(12)26)2-1-9-5-10(7-25)20(27)28-8-9/h3-8,25,29H,26H2,(H2,27,28). The number of nitrogens with two attached hydrogens (primary N) is 2. The number of rotatable bonds is 2. The minimum absolute atomic E-state index is 0.0169. The Morgan fingerprint density at radius 3 is 2.55 bits per heavy atom. The smallest absolute Gasteiger partial charge is 0.165 e. The first kappa shape index (κ1) is 20.9. The van der Waals surface area contributed by atoms with Crippen molar-refractivity contribution in [1.29, 1.82) is 5.41 Å². The predicted octanol–water partition coefficient (Wildman–Crippen LogP) is 5.18. The second kappa shape index (κ2) is 8.29. The maximum absolute atomic E-state index is 14.8. The molecule has 29 heavy (non-hydrogen) atoms. The topological polar surface area (TPSA) is 88.8 Å². The van der Waals surface area contributed by atoms with Crippen LogP contribution in [0.2, 0.25) is 10.0 Å². The van der Waals surface area contributed by atoms with Gasteiger partial charge in [0, 0.05) is 39.6 Å². The molecule has 0 saturated carbocycles. The lowest BCUT2D eigenvalue weighted by Gasteiger charge is -2.14. The number of benzene rings is 2. The van der Waals surface area contributed by atoms with Crippen LogP contribution < -0.4 is 11.5 Å². The van der Waals surface area contributed by atoms with Gasteiger partial charge in [-0.25, -0.2) is 13.8 Å². The molecule has 0 saturated heterocycles. The normalized spacial score (nSPS) is 10.4. The third-order valence-electron chi connectivity index (χ3n) is 4.04. The number of nitrogens with one attached hydrogen (secondary N) is 1. The van der Waals surface area contributed by atoms with Crippen LogP contribution >= 0.6 is 35.8 Å². The molecule has 2 aromatic carbocycles. The molecule has 0 bridgehead atoms. The third kappa shape index (κ3) is 4.01. The lowest BCUT2D eigenvalue weighted by molar-refractivity contribution is 0.581. The summed E-state index contributed by atoms with van der Waals surface area (Å²) < 4.78 is 29.5. The molecule has 4 nitrogen and oxygen atoms in total. The highest BCUT2D eigenvalue weighted by Crippen LogP contribution is 2.42. The molecule has 0 atom stereocenters. The van der Waals surface area contributed by atoms with Crippen molar-refractivity contribution in [2.24, 2.45) is 0 Å². The van der Waals surface area contributed by atoms with E-state index in [-0.39, 0.29) is 32.7 Å². The molecule has 9 heteroatoms.